The lowest BCUT2D eigenvalue weighted by Gasteiger charge is -2.24. The number of halogens is 1. The van der Waals surface area contributed by atoms with Crippen LogP contribution in [0.3, 0.4) is 0 Å². The van der Waals surface area contributed by atoms with Crippen LogP contribution in [0.15, 0.2) is 23.7 Å². The molecule has 94 valence electrons. The second-order valence-corrected chi connectivity index (χ2v) is 6.08. The molecule has 0 saturated carbocycles. The number of thiophene rings is 1. The molecule has 2 nitrogen and oxygen atoms in total. The Morgan fingerprint density at radius 1 is 1.50 bits per heavy atom. The second kappa shape index (κ2) is 4.90. The van der Waals surface area contributed by atoms with Crippen molar-refractivity contribution < 1.29 is 0 Å². The van der Waals surface area contributed by atoms with Crippen LogP contribution in [0.2, 0.25) is 5.15 Å². The van der Waals surface area contributed by atoms with Crippen LogP contribution in [-0.4, -0.2) is 4.98 Å². The summed E-state index contributed by atoms with van der Waals surface area (Å²) < 4.78 is 0. The van der Waals surface area contributed by atoms with E-state index in [0.29, 0.717) is 11.2 Å². The highest BCUT2D eigenvalue weighted by molar-refractivity contribution is 7.10. The summed E-state index contributed by atoms with van der Waals surface area (Å²) in [6.07, 6.45) is 5.48. The number of hydrogen-bond acceptors (Lipinski definition) is 3. The van der Waals surface area contributed by atoms with Gasteiger partial charge in [0.15, 0.2) is 0 Å². The Balaban J connectivity index is 1.84. The van der Waals surface area contributed by atoms with Crippen LogP contribution < -0.4 is 5.32 Å². The molecule has 1 unspecified atom stereocenters. The van der Waals surface area contributed by atoms with Crippen LogP contribution in [0.4, 0.5) is 5.69 Å². The first kappa shape index (κ1) is 12.0. The van der Waals surface area contributed by atoms with Gasteiger partial charge in [-0.05, 0) is 54.8 Å². The van der Waals surface area contributed by atoms with E-state index in [1.165, 1.54) is 29.7 Å². The number of aromatic nitrogens is 1. The van der Waals surface area contributed by atoms with Crippen molar-refractivity contribution >= 4 is 28.6 Å². The Hall–Kier alpha value is -1.06. The third kappa shape index (κ3) is 2.25. The van der Waals surface area contributed by atoms with Crippen molar-refractivity contribution in [3.05, 3.63) is 44.9 Å². The number of pyridine rings is 1. The fourth-order valence-electron chi connectivity index (χ4n) is 2.47. The van der Waals surface area contributed by atoms with E-state index in [2.05, 4.69) is 27.8 Å². The van der Waals surface area contributed by atoms with Gasteiger partial charge in [0, 0.05) is 4.88 Å². The maximum absolute atomic E-state index is 5.95. The lowest BCUT2D eigenvalue weighted by atomic mass is 9.94. The molecule has 0 saturated heterocycles. The summed E-state index contributed by atoms with van der Waals surface area (Å²) >= 11 is 7.82. The summed E-state index contributed by atoms with van der Waals surface area (Å²) in [4.78, 5) is 5.72. The molecule has 0 fully saturated rings. The fourth-order valence-corrected chi connectivity index (χ4v) is 3.57. The number of fused-ring (bicyclic) bond motifs is 1. The molecule has 1 aliphatic rings. The second-order valence-electron chi connectivity index (χ2n) is 4.72. The molecule has 18 heavy (non-hydrogen) atoms. The molecule has 4 heteroatoms. The van der Waals surface area contributed by atoms with Gasteiger partial charge in [-0.15, -0.1) is 11.3 Å². The maximum atomic E-state index is 5.95. The van der Waals surface area contributed by atoms with Crippen molar-refractivity contribution in [3.63, 3.8) is 0 Å². The van der Waals surface area contributed by atoms with Crippen molar-refractivity contribution in [3.8, 4) is 0 Å². The summed E-state index contributed by atoms with van der Waals surface area (Å²) in [6, 6.07) is 4.73. The number of aryl methyl sites for hydroxylation is 2. The molecule has 2 aromatic heterocycles. The van der Waals surface area contributed by atoms with Gasteiger partial charge in [-0.1, -0.05) is 11.6 Å². The average Bonchev–Trinajstić information content (AvgIpc) is 2.83. The summed E-state index contributed by atoms with van der Waals surface area (Å²) in [6.45, 7) is 1.98. The Morgan fingerprint density at radius 2 is 2.39 bits per heavy atom. The molecular weight excluding hydrogens is 264 g/mol. The van der Waals surface area contributed by atoms with Gasteiger partial charge in [-0.3, -0.25) is 0 Å². The van der Waals surface area contributed by atoms with Crippen LogP contribution >= 0.6 is 22.9 Å². The average molecular weight is 279 g/mol. The van der Waals surface area contributed by atoms with Gasteiger partial charge in [-0.25, -0.2) is 4.98 Å². The van der Waals surface area contributed by atoms with Crippen molar-refractivity contribution in [1.29, 1.82) is 0 Å². The smallest absolute Gasteiger partial charge is 0.132 e. The topological polar surface area (TPSA) is 24.9 Å². The predicted molar refractivity (Wildman–Crippen MR) is 77.6 cm³/mol. The molecule has 0 aliphatic heterocycles. The molecule has 0 spiro atoms. The van der Waals surface area contributed by atoms with E-state index in [1.54, 1.807) is 0 Å². The number of rotatable bonds is 2. The van der Waals surface area contributed by atoms with Gasteiger partial charge in [0.1, 0.15) is 5.15 Å². The third-order valence-electron chi connectivity index (χ3n) is 3.41. The predicted octanol–water partition coefficient (Wildman–Crippen LogP) is 4.59. The van der Waals surface area contributed by atoms with Gasteiger partial charge >= 0.3 is 0 Å². The molecule has 0 radical (unpaired) electrons. The van der Waals surface area contributed by atoms with Gasteiger partial charge in [0.05, 0.1) is 17.9 Å². The first-order chi connectivity index (χ1) is 8.74. The molecule has 3 rings (SSSR count). The van der Waals surface area contributed by atoms with Gasteiger partial charge in [-0.2, -0.15) is 0 Å². The summed E-state index contributed by atoms with van der Waals surface area (Å²) in [5.41, 5.74) is 3.53. The lowest BCUT2D eigenvalue weighted by Crippen LogP contribution is -2.15. The molecule has 2 heterocycles. The fraction of sp³-hybridized carbons (Fsp3) is 0.357. The first-order valence-electron chi connectivity index (χ1n) is 6.19. The van der Waals surface area contributed by atoms with Crippen LogP contribution in [-0.2, 0) is 6.42 Å². The van der Waals surface area contributed by atoms with Crippen molar-refractivity contribution in [1.82, 2.24) is 4.98 Å². The number of anilines is 1. The van der Waals surface area contributed by atoms with E-state index in [-0.39, 0.29) is 0 Å². The highest BCUT2D eigenvalue weighted by Crippen LogP contribution is 2.35. The Bertz CT molecular complexity index is 565. The number of nitrogens with one attached hydrogen (secondary N) is 1. The standard InChI is InChI=1S/C14H15ClN2S/c1-9-7-10(8-16-14(9)15)17-12-3-2-4-13-11(12)5-6-18-13/h5-8,12,17H,2-4H2,1H3. The molecule has 0 amide bonds. The summed E-state index contributed by atoms with van der Waals surface area (Å²) in [7, 11) is 0. The Labute approximate surface area is 116 Å². The molecule has 2 aromatic rings. The monoisotopic (exact) mass is 278 g/mol. The van der Waals surface area contributed by atoms with E-state index in [9.17, 15) is 0 Å². The van der Waals surface area contributed by atoms with Crippen molar-refractivity contribution in [2.24, 2.45) is 0 Å². The molecule has 0 aromatic carbocycles. The van der Waals surface area contributed by atoms with Crippen molar-refractivity contribution in [2.45, 2.75) is 32.2 Å². The summed E-state index contributed by atoms with van der Waals surface area (Å²) in [5.74, 6) is 0. The maximum Gasteiger partial charge on any atom is 0.132 e. The lowest BCUT2D eigenvalue weighted by molar-refractivity contribution is 0.608. The Kier molecular flexibility index (Phi) is 3.27. The first-order valence-corrected chi connectivity index (χ1v) is 7.45. The van der Waals surface area contributed by atoms with E-state index < -0.39 is 0 Å². The molecule has 1 N–H and O–H groups in total. The van der Waals surface area contributed by atoms with Crippen LogP contribution in [0.1, 0.15) is 34.9 Å². The molecule has 0 bridgehead atoms. The SMILES string of the molecule is Cc1cc(NC2CCCc3sccc32)cnc1Cl. The van der Waals surface area contributed by atoms with Crippen molar-refractivity contribution in [2.75, 3.05) is 5.32 Å². The van der Waals surface area contributed by atoms with Gasteiger partial charge < -0.3 is 5.32 Å². The normalized spacial score (nSPS) is 18.4. The Morgan fingerprint density at radius 3 is 3.22 bits per heavy atom. The molecular formula is C14H15ClN2S. The van der Waals surface area contributed by atoms with E-state index in [4.69, 9.17) is 11.6 Å². The minimum absolute atomic E-state index is 0.419. The zero-order chi connectivity index (χ0) is 12.5. The van der Waals surface area contributed by atoms with Crippen LogP contribution in [0, 0.1) is 6.92 Å². The summed E-state index contributed by atoms with van der Waals surface area (Å²) in [5, 5.41) is 6.35. The highest BCUT2D eigenvalue weighted by Gasteiger charge is 2.21. The zero-order valence-electron chi connectivity index (χ0n) is 10.2. The van der Waals surface area contributed by atoms with Gasteiger partial charge in [0.2, 0.25) is 0 Å². The van der Waals surface area contributed by atoms with Gasteiger partial charge in [0.25, 0.3) is 0 Å². The largest absolute Gasteiger partial charge is 0.377 e. The minimum atomic E-state index is 0.419. The molecule has 1 atom stereocenters. The van der Waals surface area contributed by atoms with Crippen LogP contribution in [0.5, 0.6) is 0 Å². The van der Waals surface area contributed by atoms with E-state index >= 15 is 0 Å². The highest BCUT2D eigenvalue weighted by atomic mass is 35.5. The van der Waals surface area contributed by atoms with Crippen LogP contribution in [0.25, 0.3) is 0 Å². The third-order valence-corrected chi connectivity index (χ3v) is 4.80. The zero-order valence-corrected chi connectivity index (χ0v) is 11.8. The minimum Gasteiger partial charge on any atom is -0.377 e. The molecule has 1 aliphatic carbocycles. The van der Waals surface area contributed by atoms with E-state index in [1.807, 2.05) is 24.5 Å². The number of nitrogens with zero attached hydrogens (tertiary/aromatic N) is 1. The van der Waals surface area contributed by atoms with E-state index in [0.717, 1.165) is 11.3 Å². The number of hydrogen-bond donors (Lipinski definition) is 1. The quantitative estimate of drug-likeness (QED) is 0.813.